The number of rotatable bonds is 9. The molecule has 0 aliphatic heterocycles. The number of anilines is 1. The number of aryl methyl sites for hydroxylation is 1. The molecule has 0 aliphatic rings. The van der Waals surface area contributed by atoms with Gasteiger partial charge in [-0.05, 0) is 67.9 Å². The van der Waals surface area contributed by atoms with E-state index in [1.807, 2.05) is 31.2 Å². The topological polar surface area (TPSA) is 86.8 Å². The monoisotopic (exact) mass is 591 g/mol. The Hall–Kier alpha value is -2.88. The molecule has 0 aliphatic carbocycles. The fourth-order valence-corrected chi connectivity index (χ4v) is 5.36. The van der Waals surface area contributed by atoms with E-state index < -0.39 is 28.5 Å². The van der Waals surface area contributed by atoms with Gasteiger partial charge < -0.3 is 10.2 Å². The van der Waals surface area contributed by atoms with Gasteiger partial charge in [0, 0.05) is 23.1 Å². The molecule has 3 aromatic rings. The van der Waals surface area contributed by atoms with E-state index in [9.17, 15) is 18.0 Å². The highest BCUT2D eigenvalue weighted by atomic mass is 79.9. The molecule has 0 saturated heterocycles. The SMILES string of the molecule is CNC(=O)[C@@H](C)N(Cc1ccc(Br)cc1)C(=O)CN(c1ccc(C)cc1)S(=O)(=O)c1ccc(Cl)cc1. The summed E-state index contributed by atoms with van der Waals surface area (Å²) in [5.41, 5.74) is 2.07. The Labute approximate surface area is 225 Å². The van der Waals surface area contributed by atoms with E-state index in [-0.39, 0.29) is 17.3 Å². The lowest BCUT2D eigenvalue weighted by atomic mass is 10.1. The van der Waals surface area contributed by atoms with E-state index in [0.29, 0.717) is 10.7 Å². The van der Waals surface area contributed by atoms with E-state index in [0.717, 1.165) is 19.9 Å². The highest BCUT2D eigenvalue weighted by Crippen LogP contribution is 2.26. The predicted molar refractivity (Wildman–Crippen MR) is 145 cm³/mol. The molecule has 0 unspecified atom stereocenters. The van der Waals surface area contributed by atoms with Crippen LogP contribution in [0, 0.1) is 6.92 Å². The van der Waals surface area contributed by atoms with Gasteiger partial charge in [0.2, 0.25) is 11.8 Å². The molecule has 7 nitrogen and oxygen atoms in total. The standard InChI is InChI=1S/C26H27BrClN3O4S/c1-18-4-12-23(13-5-18)31(36(34,35)24-14-10-22(28)11-15-24)17-25(32)30(19(2)26(33)29-3)16-20-6-8-21(27)9-7-20/h4-15,19H,16-17H2,1-3H3,(H,29,33)/t19-/m1/s1. The normalized spacial score (nSPS) is 12.0. The highest BCUT2D eigenvalue weighted by molar-refractivity contribution is 9.10. The maximum Gasteiger partial charge on any atom is 0.264 e. The average molecular weight is 593 g/mol. The fraction of sp³-hybridized carbons (Fsp3) is 0.231. The minimum atomic E-state index is -4.12. The molecule has 1 N–H and O–H groups in total. The number of nitrogens with one attached hydrogen (secondary N) is 1. The fourth-order valence-electron chi connectivity index (χ4n) is 3.55. The molecule has 190 valence electrons. The Bertz CT molecular complexity index is 1310. The second-order valence-electron chi connectivity index (χ2n) is 8.24. The molecule has 10 heteroatoms. The van der Waals surface area contributed by atoms with Gasteiger partial charge in [0.05, 0.1) is 10.6 Å². The van der Waals surface area contributed by atoms with Gasteiger partial charge in [0.25, 0.3) is 10.0 Å². The summed E-state index contributed by atoms with van der Waals surface area (Å²) < 4.78 is 29.3. The van der Waals surface area contributed by atoms with Gasteiger partial charge in [0.15, 0.2) is 0 Å². The van der Waals surface area contributed by atoms with Crippen molar-refractivity contribution in [2.45, 2.75) is 31.3 Å². The first-order valence-corrected chi connectivity index (χ1v) is 13.7. The van der Waals surface area contributed by atoms with Gasteiger partial charge in [-0.3, -0.25) is 13.9 Å². The van der Waals surface area contributed by atoms with Gasteiger partial charge in [-0.25, -0.2) is 8.42 Å². The summed E-state index contributed by atoms with van der Waals surface area (Å²) >= 11 is 9.35. The van der Waals surface area contributed by atoms with Crippen LogP contribution in [0.2, 0.25) is 5.02 Å². The van der Waals surface area contributed by atoms with Gasteiger partial charge in [-0.15, -0.1) is 0 Å². The lowest BCUT2D eigenvalue weighted by Crippen LogP contribution is -2.50. The molecule has 0 radical (unpaired) electrons. The van der Waals surface area contributed by atoms with Crippen LogP contribution in [-0.2, 0) is 26.2 Å². The number of hydrogen-bond acceptors (Lipinski definition) is 4. The zero-order chi connectivity index (χ0) is 26.5. The lowest BCUT2D eigenvalue weighted by molar-refractivity contribution is -0.139. The van der Waals surface area contributed by atoms with Crippen molar-refractivity contribution in [2.24, 2.45) is 0 Å². The number of carbonyl (C=O) groups excluding carboxylic acids is 2. The van der Waals surface area contributed by atoms with Gasteiger partial charge in [0.1, 0.15) is 12.6 Å². The molecule has 2 amide bonds. The van der Waals surface area contributed by atoms with Gasteiger partial charge in [-0.2, -0.15) is 0 Å². The summed E-state index contributed by atoms with van der Waals surface area (Å²) in [6.45, 7) is 3.13. The molecular weight excluding hydrogens is 566 g/mol. The smallest absolute Gasteiger partial charge is 0.264 e. The van der Waals surface area contributed by atoms with Crippen molar-refractivity contribution >= 4 is 55.1 Å². The first kappa shape index (κ1) is 27.7. The molecule has 3 rings (SSSR count). The number of carbonyl (C=O) groups is 2. The van der Waals surface area contributed by atoms with E-state index in [1.54, 1.807) is 31.2 Å². The number of benzene rings is 3. The molecular formula is C26H27BrClN3O4S. The number of amides is 2. The molecule has 0 bridgehead atoms. The van der Waals surface area contributed by atoms with Crippen LogP contribution < -0.4 is 9.62 Å². The van der Waals surface area contributed by atoms with Crippen molar-refractivity contribution in [3.8, 4) is 0 Å². The van der Waals surface area contributed by atoms with Crippen molar-refractivity contribution < 1.29 is 18.0 Å². The predicted octanol–water partition coefficient (Wildman–Crippen LogP) is 4.77. The van der Waals surface area contributed by atoms with Crippen LogP contribution in [0.25, 0.3) is 0 Å². The zero-order valence-corrected chi connectivity index (χ0v) is 23.3. The highest BCUT2D eigenvalue weighted by Gasteiger charge is 2.32. The van der Waals surface area contributed by atoms with Crippen LogP contribution in [0.1, 0.15) is 18.1 Å². The first-order chi connectivity index (χ1) is 17.0. The molecule has 0 saturated carbocycles. The maximum atomic E-state index is 13.7. The summed E-state index contributed by atoms with van der Waals surface area (Å²) in [4.78, 5) is 27.5. The van der Waals surface area contributed by atoms with Gasteiger partial charge >= 0.3 is 0 Å². The van der Waals surface area contributed by atoms with E-state index >= 15 is 0 Å². The molecule has 0 heterocycles. The van der Waals surface area contributed by atoms with Crippen LogP contribution in [0.15, 0.2) is 82.2 Å². The molecule has 0 aromatic heterocycles. The minimum Gasteiger partial charge on any atom is -0.357 e. The summed E-state index contributed by atoms with van der Waals surface area (Å²) in [7, 11) is -2.63. The third-order valence-electron chi connectivity index (χ3n) is 5.68. The molecule has 1 atom stereocenters. The third-order valence-corrected chi connectivity index (χ3v) is 8.25. The van der Waals surface area contributed by atoms with Crippen molar-refractivity contribution in [3.05, 3.63) is 93.4 Å². The Morgan fingerprint density at radius 2 is 1.56 bits per heavy atom. The van der Waals surface area contributed by atoms with Crippen molar-refractivity contribution in [3.63, 3.8) is 0 Å². The number of likely N-dealkylation sites (N-methyl/N-ethyl adjacent to an activating group) is 1. The minimum absolute atomic E-state index is 0.000848. The van der Waals surface area contributed by atoms with Crippen LogP contribution in [-0.4, -0.2) is 44.8 Å². The second-order valence-corrected chi connectivity index (χ2v) is 11.5. The Balaban J connectivity index is 2.01. The Morgan fingerprint density at radius 1 is 0.972 bits per heavy atom. The second kappa shape index (κ2) is 11.9. The van der Waals surface area contributed by atoms with Crippen LogP contribution in [0.4, 0.5) is 5.69 Å². The van der Waals surface area contributed by atoms with Crippen molar-refractivity contribution in [2.75, 3.05) is 17.9 Å². The number of sulfonamides is 1. The average Bonchev–Trinajstić information content (AvgIpc) is 2.86. The first-order valence-electron chi connectivity index (χ1n) is 11.1. The summed E-state index contributed by atoms with van der Waals surface area (Å²) in [5, 5.41) is 2.96. The summed E-state index contributed by atoms with van der Waals surface area (Å²) in [6, 6.07) is 19.1. The van der Waals surface area contributed by atoms with Crippen LogP contribution in [0.3, 0.4) is 0 Å². The molecule has 0 spiro atoms. The Kier molecular flexibility index (Phi) is 9.16. The van der Waals surface area contributed by atoms with Gasteiger partial charge in [-0.1, -0.05) is 57.4 Å². The van der Waals surface area contributed by atoms with Crippen molar-refractivity contribution in [1.82, 2.24) is 10.2 Å². The van der Waals surface area contributed by atoms with Crippen molar-refractivity contribution in [1.29, 1.82) is 0 Å². The maximum absolute atomic E-state index is 13.7. The summed E-state index contributed by atoms with van der Waals surface area (Å²) in [6.07, 6.45) is 0. The van der Waals surface area contributed by atoms with Crippen LogP contribution in [0.5, 0.6) is 0 Å². The third kappa shape index (κ3) is 6.66. The Morgan fingerprint density at radius 3 is 2.11 bits per heavy atom. The lowest BCUT2D eigenvalue weighted by Gasteiger charge is -2.31. The number of nitrogens with zero attached hydrogens (tertiary/aromatic N) is 2. The van der Waals surface area contributed by atoms with E-state index in [4.69, 9.17) is 11.6 Å². The zero-order valence-electron chi connectivity index (χ0n) is 20.1. The quantitative estimate of drug-likeness (QED) is 0.388. The molecule has 0 fully saturated rings. The number of hydrogen-bond donors (Lipinski definition) is 1. The van der Waals surface area contributed by atoms with E-state index in [2.05, 4.69) is 21.2 Å². The largest absolute Gasteiger partial charge is 0.357 e. The van der Waals surface area contributed by atoms with E-state index in [1.165, 1.54) is 36.2 Å². The molecule has 36 heavy (non-hydrogen) atoms. The van der Waals surface area contributed by atoms with Crippen LogP contribution >= 0.6 is 27.5 Å². The molecule has 3 aromatic carbocycles. The summed E-state index contributed by atoms with van der Waals surface area (Å²) in [5.74, 6) is -0.880. The number of halogens is 2.